The van der Waals surface area contributed by atoms with E-state index in [0.717, 1.165) is 17.2 Å². The number of halogens is 2. The molecule has 1 aliphatic heterocycles. The monoisotopic (exact) mass is 325 g/mol. The van der Waals surface area contributed by atoms with Gasteiger partial charge in [0.05, 0.1) is 6.20 Å². The molecule has 1 aromatic heterocycles. The van der Waals surface area contributed by atoms with Crippen molar-refractivity contribution in [1.29, 1.82) is 0 Å². The van der Waals surface area contributed by atoms with Crippen molar-refractivity contribution < 1.29 is 14.0 Å². The lowest BCUT2D eigenvalue weighted by molar-refractivity contribution is -0.128. The summed E-state index contributed by atoms with van der Waals surface area (Å²) in [6.07, 6.45) is 3.58. The predicted molar refractivity (Wildman–Crippen MR) is 79.8 cm³/mol. The second-order valence-corrected chi connectivity index (χ2v) is 4.80. The first kappa shape index (κ1) is 15.3. The molecular formula is C13H9ClFN3O2S. The highest BCUT2D eigenvalue weighted by Gasteiger charge is 2.32. The molecule has 0 aromatic carbocycles. The zero-order valence-corrected chi connectivity index (χ0v) is 12.2. The van der Waals surface area contributed by atoms with Crippen LogP contribution in [0.4, 0.5) is 4.39 Å². The third-order valence-corrected chi connectivity index (χ3v) is 3.27. The molecule has 0 spiro atoms. The Kier molecular flexibility index (Phi) is 4.44. The zero-order chi connectivity index (χ0) is 15.6. The Bertz CT molecular complexity index is 690. The van der Waals surface area contributed by atoms with Gasteiger partial charge in [-0.25, -0.2) is 9.37 Å². The average molecular weight is 326 g/mol. The minimum atomic E-state index is -0.675. The molecule has 1 aliphatic rings. The van der Waals surface area contributed by atoms with Crippen molar-refractivity contribution in [2.24, 2.45) is 0 Å². The van der Waals surface area contributed by atoms with Crippen LogP contribution in [0.15, 0.2) is 30.5 Å². The topological polar surface area (TPSA) is 62.3 Å². The summed E-state index contributed by atoms with van der Waals surface area (Å²) in [4.78, 5) is 28.9. The number of hydrogen-bond acceptors (Lipinski definition) is 4. The molecule has 1 N–H and O–H groups in total. The van der Waals surface area contributed by atoms with Crippen molar-refractivity contribution in [1.82, 2.24) is 15.2 Å². The van der Waals surface area contributed by atoms with Gasteiger partial charge in [0.1, 0.15) is 16.5 Å². The summed E-state index contributed by atoms with van der Waals surface area (Å²) in [5, 5.41) is 2.34. The lowest BCUT2D eigenvalue weighted by Gasteiger charge is -2.27. The fraction of sp³-hybridized carbons (Fsp3) is 0.0769. The third-order valence-electron chi connectivity index (χ3n) is 2.63. The number of nitrogens with one attached hydrogen (secondary N) is 1. The fourth-order valence-electron chi connectivity index (χ4n) is 1.68. The highest BCUT2D eigenvalue weighted by atomic mass is 35.5. The van der Waals surface area contributed by atoms with Crippen LogP contribution < -0.4 is 5.32 Å². The van der Waals surface area contributed by atoms with Crippen molar-refractivity contribution in [3.63, 3.8) is 0 Å². The largest absolute Gasteiger partial charge is 0.298 e. The van der Waals surface area contributed by atoms with Crippen LogP contribution in [-0.4, -0.2) is 33.4 Å². The first-order chi connectivity index (χ1) is 9.93. The molecular weight excluding hydrogens is 317 g/mol. The van der Waals surface area contributed by atoms with Gasteiger partial charge in [0.15, 0.2) is 5.11 Å². The normalized spacial score (nSPS) is 17.1. The van der Waals surface area contributed by atoms with Crippen molar-refractivity contribution in [2.45, 2.75) is 0 Å². The SMILES string of the molecule is C=CCN1C(=O)C(=Cc2cc(F)cnc2Cl)C(=O)NC1=S. The number of rotatable bonds is 3. The number of thiocarbonyl (C=S) groups is 1. The van der Waals surface area contributed by atoms with Crippen molar-refractivity contribution >= 4 is 46.8 Å². The van der Waals surface area contributed by atoms with Gasteiger partial charge in [-0.1, -0.05) is 17.7 Å². The minimum absolute atomic E-state index is 0.00878. The molecule has 0 aliphatic carbocycles. The van der Waals surface area contributed by atoms with Gasteiger partial charge in [-0.05, 0) is 24.4 Å². The highest BCUT2D eigenvalue weighted by molar-refractivity contribution is 7.80. The Morgan fingerprint density at radius 2 is 2.24 bits per heavy atom. The molecule has 2 heterocycles. The van der Waals surface area contributed by atoms with E-state index in [0.29, 0.717) is 0 Å². The molecule has 0 unspecified atom stereocenters. The lowest BCUT2D eigenvalue weighted by atomic mass is 10.1. The Labute approximate surface area is 130 Å². The quantitative estimate of drug-likeness (QED) is 0.302. The van der Waals surface area contributed by atoms with Gasteiger partial charge in [0.2, 0.25) is 0 Å². The van der Waals surface area contributed by atoms with Crippen molar-refractivity contribution in [3.8, 4) is 0 Å². The van der Waals surface area contributed by atoms with E-state index in [1.54, 1.807) is 0 Å². The van der Waals surface area contributed by atoms with Crippen LogP contribution >= 0.6 is 23.8 Å². The maximum Gasteiger partial charge on any atom is 0.265 e. The van der Waals surface area contributed by atoms with Crippen LogP contribution in [0.3, 0.4) is 0 Å². The number of amides is 2. The number of pyridine rings is 1. The molecule has 1 saturated heterocycles. The Morgan fingerprint density at radius 1 is 1.52 bits per heavy atom. The summed E-state index contributed by atoms with van der Waals surface area (Å²) in [7, 11) is 0. The number of aromatic nitrogens is 1. The van der Waals surface area contributed by atoms with E-state index >= 15 is 0 Å². The lowest BCUT2D eigenvalue weighted by Crippen LogP contribution is -2.53. The molecule has 0 saturated carbocycles. The van der Waals surface area contributed by atoms with Crippen molar-refractivity contribution in [3.05, 3.63) is 47.0 Å². The van der Waals surface area contributed by atoms with Gasteiger partial charge in [-0.2, -0.15) is 0 Å². The van der Waals surface area contributed by atoms with Gasteiger partial charge in [0, 0.05) is 12.1 Å². The Morgan fingerprint density at radius 3 is 2.90 bits per heavy atom. The summed E-state index contributed by atoms with van der Waals surface area (Å²) in [5.74, 6) is -1.91. The number of carbonyl (C=O) groups excluding carboxylic acids is 2. The standard InChI is InChI=1S/C13H9ClFN3O2S/c1-2-3-18-12(20)9(11(19)17-13(18)21)5-7-4-8(15)6-16-10(7)14/h2,4-6H,1,3H2,(H,17,19,21). The van der Waals surface area contributed by atoms with Crippen LogP contribution in [0.25, 0.3) is 6.08 Å². The number of hydrogen-bond donors (Lipinski definition) is 1. The molecule has 1 fully saturated rings. The van der Waals surface area contributed by atoms with E-state index in [1.165, 1.54) is 12.2 Å². The first-order valence-corrected chi connectivity index (χ1v) is 6.53. The zero-order valence-electron chi connectivity index (χ0n) is 10.6. The maximum atomic E-state index is 13.2. The van der Waals surface area contributed by atoms with E-state index in [4.69, 9.17) is 23.8 Å². The third kappa shape index (κ3) is 3.14. The van der Waals surface area contributed by atoms with Crippen LogP contribution in [0, 0.1) is 5.82 Å². The Hall–Kier alpha value is -2.12. The second-order valence-electron chi connectivity index (χ2n) is 4.06. The molecule has 2 rings (SSSR count). The molecule has 0 bridgehead atoms. The highest BCUT2D eigenvalue weighted by Crippen LogP contribution is 2.20. The van der Waals surface area contributed by atoms with Crippen LogP contribution in [-0.2, 0) is 9.59 Å². The average Bonchev–Trinajstić information content (AvgIpc) is 2.43. The molecule has 21 heavy (non-hydrogen) atoms. The molecule has 1 aromatic rings. The van der Waals surface area contributed by atoms with Crippen LogP contribution in [0.2, 0.25) is 5.15 Å². The molecule has 108 valence electrons. The summed E-state index contributed by atoms with van der Waals surface area (Å²) in [5.41, 5.74) is -0.0821. The number of carbonyl (C=O) groups is 2. The summed E-state index contributed by atoms with van der Waals surface area (Å²) in [6, 6.07) is 1.08. The minimum Gasteiger partial charge on any atom is -0.298 e. The smallest absolute Gasteiger partial charge is 0.265 e. The number of nitrogens with zero attached hydrogens (tertiary/aromatic N) is 2. The van der Waals surface area contributed by atoms with E-state index < -0.39 is 17.6 Å². The van der Waals surface area contributed by atoms with Crippen molar-refractivity contribution in [2.75, 3.05) is 6.54 Å². The van der Waals surface area contributed by atoms with E-state index in [-0.39, 0.29) is 27.9 Å². The molecule has 0 radical (unpaired) electrons. The summed E-state index contributed by atoms with van der Waals surface area (Å²) >= 11 is 10.7. The summed E-state index contributed by atoms with van der Waals surface area (Å²) < 4.78 is 13.2. The van der Waals surface area contributed by atoms with Crippen LogP contribution in [0.5, 0.6) is 0 Å². The van der Waals surface area contributed by atoms with Gasteiger partial charge < -0.3 is 0 Å². The second kappa shape index (κ2) is 6.11. The molecule has 5 nitrogen and oxygen atoms in total. The fourth-order valence-corrected chi connectivity index (χ4v) is 2.09. The Balaban J connectivity index is 2.45. The van der Waals surface area contributed by atoms with E-state index in [2.05, 4.69) is 16.9 Å². The van der Waals surface area contributed by atoms with E-state index in [1.807, 2.05) is 0 Å². The van der Waals surface area contributed by atoms with E-state index in [9.17, 15) is 14.0 Å². The summed E-state index contributed by atoms with van der Waals surface area (Å²) in [6.45, 7) is 3.65. The van der Waals surface area contributed by atoms with Gasteiger partial charge in [-0.3, -0.25) is 19.8 Å². The molecule has 0 atom stereocenters. The molecule has 2 amide bonds. The van der Waals surface area contributed by atoms with Gasteiger partial charge in [0.25, 0.3) is 11.8 Å². The van der Waals surface area contributed by atoms with Gasteiger partial charge in [-0.15, -0.1) is 6.58 Å². The maximum absolute atomic E-state index is 13.2. The first-order valence-electron chi connectivity index (χ1n) is 5.75. The molecule has 8 heteroatoms. The predicted octanol–water partition coefficient (Wildman–Crippen LogP) is 1.69. The van der Waals surface area contributed by atoms with Crippen LogP contribution in [0.1, 0.15) is 5.56 Å². The van der Waals surface area contributed by atoms with Gasteiger partial charge >= 0.3 is 0 Å².